The minimum atomic E-state index is -0.639. The van der Waals surface area contributed by atoms with Gasteiger partial charge in [-0.25, -0.2) is 0 Å². The van der Waals surface area contributed by atoms with Crippen LogP contribution in [-0.4, -0.2) is 5.11 Å². The van der Waals surface area contributed by atoms with Crippen LogP contribution in [0.4, 0.5) is 0 Å². The lowest BCUT2D eigenvalue weighted by Crippen LogP contribution is -2.29. The van der Waals surface area contributed by atoms with Crippen LogP contribution in [0, 0.1) is 0 Å². The van der Waals surface area contributed by atoms with Crippen molar-refractivity contribution in [1.29, 1.82) is 0 Å². The molecule has 1 atom stereocenters. The first-order chi connectivity index (χ1) is 29.9. The van der Waals surface area contributed by atoms with Crippen molar-refractivity contribution in [3.05, 3.63) is 268 Å². The zero-order valence-electron chi connectivity index (χ0n) is 34.5. The van der Waals surface area contributed by atoms with Crippen LogP contribution in [0.1, 0.15) is 69.8 Å². The molecule has 0 saturated carbocycles. The van der Waals surface area contributed by atoms with Gasteiger partial charge in [0.15, 0.2) is 0 Å². The van der Waals surface area contributed by atoms with E-state index >= 15 is 0 Å². The molecule has 11 rings (SSSR count). The molecule has 0 saturated heterocycles. The Balaban J connectivity index is 1.08. The first-order valence-electron chi connectivity index (χ1n) is 21.5. The van der Waals surface area contributed by atoms with Crippen LogP contribution >= 0.6 is 0 Å². The van der Waals surface area contributed by atoms with Crippen LogP contribution in [0.25, 0.3) is 44.5 Å². The summed E-state index contributed by atoms with van der Waals surface area (Å²) in [5.74, 6) is 0.404. The number of phenols is 1. The van der Waals surface area contributed by atoms with Gasteiger partial charge in [-0.1, -0.05) is 226 Å². The van der Waals surface area contributed by atoms with Gasteiger partial charge in [-0.3, -0.25) is 0 Å². The van der Waals surface area contributed by atoms with Gasteiger partial charge in [-0.15, -0.1) is 0 Å². The van der Waals surface area contributed by atoms with Gasteiger partial charge in [0, 0.05) is 16.9 Å². The summed E-state index contributed by atoms with van der Waals surface area (Å²) in [5.41, 5.74) is 20.0. The van der Waals surface area contributed by atoms with Gasteiger partial charge in [0.1, 0.15) is 5.75 Å². The topological polar surface area (TPSA) is 20.2 Å². The van der Waals surface area contributed by atoms with Crippen molar-refractivity contribution in [3.63, 3.8) is 0 Å². The van der Waals surface area contributed by atoms with Gasteiger partial charge < -0.3 is 5.11 Å². The van der Waals surface area contributed by atoms with E-state index in [2.05, 4.69) is 226 Å². The number of hydrogen-bond acceptors (Lipinski definition) is 1. The van der Waals surface area contributed by atoms with E-state index in [9.17, 15) is 5.11 Å². The van der Waals surface area contributed by atoms with E-state index in [0.29, 0.717) is 5.75 Å². The summed E-state index contributed by atoms with van der Waals surface area (Å²) in [5, 5.41) is 11.8. The van der Waals surface area contributed by atoms with Crippen LogP contribution < -0.4 is 0 Å². The lowest BCUT2D eigenvalue weighted by atomic mass is 9.66. The Bertz CT molecular complexity index is 3030. The highest BCUT2D eigenvalue weighted by Gasteiger charge is 2.48. The summed E-state index contributed by atoms with van der Waals surface area (Å²) < 4.78 is 0. The molecule has 9 aromatic rings. The average molecular weight is 783 g/mol. The monoisotopic (exact) mass is 782 g/mol. The molecule has 0 fully saturated rings. The largest absolute Gasteiger partial charge is 0.507 e. The molecule has 0 radical (unpaired) electrons. The summed E-state index contributed by atoms with van der Waals surface area (Å²) in [6.45, 7) is 4.74. The highest BCUT2D eigenvalue weighted by molar-refractivity contribution is 5.95. The van der Waals surface area contributed by atoms with Crippen LogP contribution in [0.2, 0.25) is 0 Å². The summed E-state index contributed by atoms with van der Waals surface area (Å²) in [7, 11) is 0. The number of fused-ring (bicyclic) bond motifs is 6. The second-order valence-electron chi connectivity index (χ2n) is 17.3. The molecule has 0 spiro atoms. The fourth-order valence-corrected chi connectivity index (χ4v) is 10.9. The molecule has 1 nitrogen and oxygen atoms in total. The lowest BCUT2D eigenvalue weighted by Gasteiger charge is -2.35. The van der Waals surface area contributed by atoms with E-state index < -0.39 is 5.41 Å². The molecule has 2 aliphatic carbocycles. The predicted molar refractivity (Wildman–Crippen MR) is 252 cm³/mol. The quantitative estimate of drug-likeness (QED) is 0.163. The summed E-state index contributed by atoms with van der Waals surface area (Å²) in [6.07, 6.45) is 0.853. The van der Waals surface area contributed by atoms with Crippen molar-refractivity contribution in [2.24, 2.45) is 0 Å². The number of aromatic hydroxyl groups is 1. The Kier molecular flexibility index (Phi) is 8.76. The van der Waals surface area contributed by atoms with Gasteiger partial charge in [0.25, 0.3) is 0 Å². The van der Waals surface area contributed by atoms with Crippen molar-refractivity contribution >= 4 is 0 Å². The van der Waals surface area contributed by atoms with Crippen molar-refractivity contribution in [1.82, 2.24) is 0 Å². The second-order valence-corrected chi connectivity index (χ2v) is 17.3. The Morgan fingerprint density at radius 1 is 0.410 bits per heavy atom. The molecule has 0 amide bonds. The van der Waals surface area contributed by atoms with Crippen molar-refractivity contribution in [2.75, 3.05) is 0 Å². The summed E-state index contributed by atoms with van der Waals surface area (Å²) in [4.78, 5) is 0. The molecule has 9 aromatic carbocycles. The average Bonchev–Trinajstić information content (AvgIpc) is 3.76. The van der Waals surface area contributed by atoms with Crippen LogP contribution in [-0.2, 0) is 17.3 Å². The molecule has 0 aliphatic heterocycles. The highest BCUT2D eigenvalue weighted by Crippen LogP contribution is 2.61. The zero-order chi connectivity index (χ0) is 41.1. The second kappa shape index (κ2) is 14.5. The summed E-state index contributed by atoms with van der Waals surface area (Å²) >= 11 is 0. The maximum atomic E-state index is 11.8. The van der Waals surface area contributed by atoms with Crippen LogP contribution in [0.3, 0.4) is 0 Å². The van der Waals surface area contributed by atoms with Crippen molar-refractivity contribution in [3.8, 4) is 50.3 Å². The molecule has 0 aromatic heterocycles. The summed E-state index contributed by atoms with van der Waals surface area (Å²) in [6, 6.07) is 79.5. The normalized spacial score (nSPS) is 14.4. The SMILES string of the molecule is CC1(C)c2ccccc2-c2ccc(C(Cc3ccccc3-c3ccccc3)c3ccc(-c4ccc(O)c5c4C(c4ccccc4)(c4ccccc4)c4ccccc4-5)cc3)cc21. The van der Waals surface area contributed by atoms with E-state index in [0.717, 1.165) is 34.2 Å². The molecule has 1 unspecified atom stereocenters. The molecule has 1 heteroatoms. The Morgan fingerprint density at radius 2 is 0.918 bits per heavy atom. The van der Waals surface area contributed by atoms with E-state index in [1.165, 1.54) is 66.8 Å². The molecule has 1 N–H and O–H groups in total. The number of hydrogen-bond donors (Lipinski definition) is 1. The minimum absolute atomic E-state index is 0.0981. The third-order valence-corrected chi connectivity index (χ3v) is 13.7. The maximum absolute atomic E-state index is 11.8. The Labute approximate surface area is 359 Å². The molecular weight excluding hydrogens is 737 g/mol. The number of benzene rings is 9. The fourth-order valence-electron chi connectivity index (χ4n) is 10.9. The van der Waals surface area contributed by atoms with Crippen molar-refractivity contribution in [2.45, 2.75) is 37.0 Å². The zero-order valence-corrected chi connectivity index (χ0v) is 34.5. The van der Waals surface area contributed by atoms with E-state index in [4.69, 9.17) is 0 Å². The number of phenolic OH excluding ortho intramolecular Hbond substituents is 1. The van der Waals surface area contributed by atoms with Crippen LogP contribution in [0.15, 0.2) is 218 Å². The maximum Gasteiger partial charge on any atom is 0.123 e. The lowest BCUT2D eigenvalue weighted by molar-refractivity contribution is 0.477. The molecule has 61 heavy (non-hydrogen) atoms. The number of rotatable bonds is 8. The van der Waals surface area contributed by atoms with Crippen molar-refractivity contribution < 1.29 is 5.11 Å². The molecule has 2 aliphatic rings. The van der Waals surface area contributed by atoms with Gasteiger partial charge >= 0.3 is 0 Å². The molecular formula is C60H46O. The third kappa shape index (κ3) is 5.76. The minimum Gasteiger partial charge on any atom is -0.507 e. The molecule has 0 bridgehead atoms. The van der Waals surface area contributed by atoms with E-state index in [1.807, 2.05) is 6.07 Å². The van der Waals surface area contributed by atoms with E-state index in [-0.39, 0.29) is 11.3 Å². The fraction of sp³-hybridized carbons (Fsp3) is 0.100. The van der Waals surface area contributed by atoms with Gasteiger partial charge in [0.05, 0.1) is 5.41 Å². The standard InChI is InChI=1S/C60H46O/c1-59(2)53-28-16-14-26-49(53)50-35-34-44(39-55(50)59)52(38-43-20-12-13-25-47(43)40-18-6-3-7-19-40)42-32-30-41(31-33-42)48-36-37-56(61)57-51-27-15-17-29-54(51)60(58(48)57,45-21-8-4-9-22-45)46-23-10-5-11-24-46/h3-37,39,52,61H,38H2,1-2H3. The van der Waals surface area contributed by atoms with Gasteiger partial charge in [-0.05, 0) is 102 Å². The first-order valence-corrected chi connectivity index (χ1v) is 21.5. The molecule has 292 valence electrons. The Hall–Kier alpha value is -7.22. The van der Waals surface area contributed by atoms with Gasteiger partial charge in [-0.2, -0.15) is 0 Å². The first kappa shape index (κ1) is 36.8. The third-order valence-electron chi connectivity index (χ3n) is 13.7. The molecule has 0 heterocycles. The highest BCUT2D eigenvalue weighted by atomic mass is 16.3. The van der Waals surface area contributed by atoms with Gasteiger partial charge in [0.2, 0.25) is 0 Å². The smallest absolute Gasteiger partial charge is 0.123 e. The van der Waals surface area contributed by atoms with E-state index in [1.54, 1.807) is 0 Å². The Morgan fingerprint density at radius 3 is 1.61 bits per heavy atom. The van der Waals surface area contributed by atoms with Crippen LogP contribution in [0.5, 0.6) is 5.75 Å². The predicted octanol–water partition coefficient (Wildman–Crippen LogP) is 14.8.